The number of hydrogen-bond donors (Lipinski definition) is 2. The van der Waals surface area contributed by atoms with Gasteiger partial charge in [0.2, 0.25) is 0 Å². The molecule has 0 aromatic heterocycles. The maximum Gasteiger partial charge on any atom is 0.586 e. The van der Waals surface area contributed by atoms with Crippen molar-refractivity contribution in [1.82, 2.24) is 0 Å². The molecule has 5 nitrogen and oxygen atoms in total. The SMILES string of the molecule is N[C@@H](C(=O)O)c1cccc2c1OC(F)(F)O2. The van der Waals surface area contributed by atoms with Crippen molar-refractivity contribution >= 4 is 5.97 Å². The topological polar surface area (TPSA) is 81.8 Å². The van der Waals surface area contributed by atoms with Crippen molar-refractivity contribution in [3.8, 4) is 11.5 Å². The van der Waals surface area contributed by atoms with Crippen LogP contribution < -0.4 is 15.2 Å². The molecule has 1 heterocycles. The van der Waals surface area contributed by atoms with Crippen LogP contribution in [0.5, 0.6) is 11.5 Å². The summed E-state index contributed by atoms with van der Waals surface area (Å²) in [4.78, 5) is 10.7. The smallest absolute Gasteiger partial charge is 0.480 e. The van der Waals surface area contributed by atoms with Crippen LogP contribution in [-0.2, 0) is 4.79 Å². The second kappa shape index (κ2) is 3.31. The first-order chi connectivity index (χ1) is 7.41. The molecule has 2 rings (SSSR count). The molecular formula is C9H7F2NO4. The summed E-state index contributed by atoms with van der Waals surface area (Å²) in [7, 11) is 0. The molecule has 0 spiro atoms. The molecule has 0 radical (unpaired) electrons. The zero-order valence-corrected chi connectivity index (χ0v) is 7.81. The zero-order valence-electron chi connectivity index (χ0n) is 7.81. The fourth-order valence-corrected chi connectivity index (χ4v) is 1.37. The summed E-state index contributed by atoms with van der Waals surface area (Å²) in [5.74, 6) is -1.89. The Balaban J connectivity index is 2.45. The van der Waals surface area contributed by atoms with Crippen LogP contribution in [0, 0.1) is 0 Å². The monoisotopic (exact) mass is 231 g/mol. The molecule has 7 heteroatoms. The zero-order chi connectivity index (χ0) is 11.9. The molecule has 0 bridgehead atoms. The van der Waals surface area contributed by atoms with Gasteiger partial charge in [0.1, 0.15) is 6.04 Å². The van der Waals surface area contributed by atoms with Gasteiger partial charge in [-0.15, -0.1) is 8.78 Å². The van der Waals surface area contributed by atoms with Crippen LogP contribution in [0.2, 0.25) is 0 Å². The molecule has 0 saturated heterocycles. The van der Waals surface area contributed by atoms with E-state index in [0.29, 0.717) is 0 Å². The number of ether oxygens (including phenoxy) is 2. The van der Waals surface area contributed by atoms with E-state index in [1.165, 1.54) is 18.2 Å². The number of halogens is 2. The van der Waals surface area contributed by atoms with Crippen molar-refractivity contribution in [2.75, 3.05) is 0 Å². The third-order valence-corrected chi connectivity index (χ3v) is 2.06. The highest BCUT2D eigenvalue weighted by atomic mass is 19.3. The Hall–Kier alpha value is -1.89. The van der Waals surface area contributed by atoms with E-state index in [9.17, 15) is 13.6 Å². The summed E-state index contributed by atoms with van der Waals surface area (Å²) in [6.45, 7) is 0. The minimum absolute atomic E-state index is 0.0535. The van der Waals surface area contributed by atoms with E-state index < -0.39 is 18.3 Å². The van der Waals surface area contributed by atoms with Gasteiger partial charge in [0.25, 0.3) is 0 Å². The summed E-state index contributed by atoms with van der Waals surface area (Å²) in [5.41, 5.74) is 5.27. The molecule has 1 atom stereocenters. The Labute approximate surface area is 88.4 Å². The fourth-order valence-electron chi connectivity index (χ4n) is 1.37. The van der Waals surface area contributed by atoms with Gasteiger partial charge < -0.3 is 20.3 Å². The predicted octanol–water partition coefficient (Wildman–Crippen LogP) is 1.09. The standard InChI is InChI=1S/C9H7F2NO4/c10-9(11)15-5-3-1-2-4(7(5)16-9)6(12)8(13)14/h1-3,6H,12H2,(H,13,14)/t6-/m1/s1. The number of carbonyl (C=O) groups is 1. The van der Waals surface area contributed by atoms with Crippen molar-refractivity contribution in [3.05, 3.63) is 23.8 Å². The second-order valence-corrected chi connectivity index (χ2v) is 3.16. The molecule has 86 valence electrons. The average molecular weight is 231 g/mol. The molecule has 3 N–H and O–H groups in total. The lowest BCUT2D eigenvalue weighted by molar-refractivity contribution is -0.287. The van der Waals surface area contributed by atoms with Crippen LogP contribution in [0.4, 0.5) is 8.78 Å². The largest absolute Gasteiger partial charge is 0.586 e. The average Bonchev–Trinajstić information content (AvgIpc) is 2.49. The summed E-state index contributed by atoms with van der Waals surface area (Å²) < 4.78 is 33.9. The Morgan fingerprint density at radius 1 is 1.44 bits per heavy atom. The van der Waals surface area contributed by atoms with Crippen LogP contribution in [0.1, 0.15) is 11.6 Å². The van der Waals surface area contributed by atoms with Crippen LogP contribution in [-0.4, -0.2) is 17.4 Å². The van der Waals surface area contributed by atoms with E-state index in [-0.39, 0.29) is 17.1 Å². The van der Waals surface area contributed by atoms with Crippen molar-refractivity contribution < 1.29 is 28.2 Å². The third kappa shape index (κ3) is 1.65. The van der Waals surface area contributed by atoms with Crippen molar-refractivity contribution in [2.45, 2.75) is 12.3 Å². The Morgan fingerprint density at radius 3 is 2.75 bits per heavy atom. The Kier molecular flexibility index (Phi) is 2.20. The Morgan fingerprint density at radius 2 is 2.12 bits per heavy atom. The second-order valence-electron chi connectivity index (χ2n) is 3.16. The minimum atomic E-state index is -3.78. The van der Waals surface area contributed by atoms with Crippen molar-refractivity contribution in [3.63, 3.8) is 0 Å². The molecule has 1 aromatic rings. The molecule has 0 unspecified atom stereocenters. The number of alkyl halides is 2. The van der Waals surface area contributed by atoms with Crippen LogP contribution in [0.25, 0.3) is 0 Å². The molecule has 1 aromatic carbocycles. The first-order valence-electron chi connectivity index (χ1n) is 4.28. The summed E-state index contributed by atoms with van der Waals surface area (Å²) in [6, 6.07) is 2.46. The van der Waals surface area contributed by atoms with Crippen LogP contribution >= 0.6 is 0 Å². The molecule has 0 aliphatic carbocycles. The first kappa shape index (κ1) is 10.6. The molecule has 0 amide bonds. The van der Waals surface area contributed by atoms with Crippen LogP contribution in [0.3, 0.4) is 0 Å². The molecule has 1 aliphatic heterocycles. The maximum absolute atomic E-state index is 12.7. The Bertz CT molecular complexity index is 449. The van der Waals surface area contributed by atoms with E-state index >= 15 is 0 Å². The van der Waals surface area contributed by atoms with Gasteiger partial charge in [0.15, 0.2) is 11.5 Å². The first-order valence-corrected chi connectivity index (χ1v) is 4.28. The number of benzene rings is 1. The molecule has 16 heavy (non-hydrogen) atoms. The van der Waals surface area contributed by atoms with E-state index in [1.54, 1.807) is 0 Å². The van der Waals surface area contributed by atoms with E-state index in [0.717, 1.165) is 0 Å². The summed E-state index contributed by atoms with van der Waals surface area (Å²) >= 11 is 0. The summed E-state index contributed by atoms with van der Waals surface area (Å²) in [6.07, 6.45) is -3.78. The van der Waals surface area contributed by atoms with Gasteiger partial charge in [-0.05, 0) is 6.07 Å². The lowest BCUT2D eigenvalue weighted by Crippen LogP contribution is -2.27. The lowest BCUT2D eigenvalue weighted by atomic mass is 10.1. The lowest BCUT2D eigenvalue weighted by Gasteiger charge is -2.09. The van der Waals surface area contributed by atoms with Gasteiger partial charge in [0, 0.05) is 5.56 Å². The highest BCUT2D eigenvalue weighted by molar-refractivity contribution is 5.77. The molecule has 1 aliphatic rings. The highest BCUT2D eigenvalue weighted by Gasteiger charge is 2.45. The molecule has 0 fully saturated rings. The summed E-state index contributed by atoms with van der Waals surface area (Å²) in [5, 5.41) is 8.69. The number of carboxylic acid groups (broad SMARTS) is 1. The van der Waals surface area contributed by atoms with Crippen LogP contribution in [0.15, 0.2) is 18.2 Å². The van der Waals surface area contributed by atoms with Crippen molar-refractivity contribution in [1.29, 1.82) is 0 Å². The van der Waals surface area contributed by atoms with E-state index in [1.807, 2.05) is 0 Å². The quantitative estimate of drug-likeness (QED) is 0.796. The third-order valence-electron chi connectivity index (χ3n) is 2.06. The number of nitrogens with two attached hydrogens (primary N) is 1. The van der Waals surface area contributed by atoms with Gasteiger partial charge in [-0.2, -0.15) is 0 Å². The van der Waals surface area contributed by atoms with E-state index in [2.05, 4.69) is 9.47 Å². The van der Waals surface area contributed by atoms with Gasteiger partial charge in [-0.1, -0.05) is 12.1 Å². The van der Waals surface area contributed by atoms with Gasteiger partial charge >= 0.3 is 12.3 Å². The molecule has 0 saturated carbocycles. The number of hydrogen-bond acceptors (Lipinski definition) is 4. The predicted molar refractivity (Wildman–Crippen MR) is 47.2 cm³/mol. The number of aliphatic carboxylic acids is 1. The minimum Gasteiger partial charge on any atom is -0.480 e. The number of para-hydroxylation sites is 1. The fraction of sp³-hybridized carbons (Fsp3) is 0.222. The maximum atomic E-state index is 12.7. The van der Waals surface area contributed by atoms with Gasteiger partial charge in [-0.3, -0.25) is 4.79 Å². The number of carboxylic acids is 1. The van der Waals surface area contributed by atoms with Gasteiger partial charge in [0.05, 0.1) is 0 Å². The van der Waals surface area contributed by atoms with Crippen molar-refractivity contribution in [2.24, 2.45) is 5.73 Å². The van der Waals surface area contributed by atoms with E-state index in [4.69, 9.17) is 10.8 Å². The molecular weight excluding hydrogens is 224 g/mol. The normalized spacial score (nSPS) is 18.2. The van der Waals surface area contributed by atoms with Gasteiger partial charge in [-0.25, -0.2) is 0 Å². The highest BCUT2D eigenvalue weighted by Crippen LogP contribution is 2.44. The number of rotatable bonds is 2. The number of fused-ring (bicyclic) bond motifs is 1.